The van der Waals surface area contributed by atoms with Crippen molar-refractivity contribution in [3.63, 3.8) is 0 Å². The highest BCUT2D eigenvalue weighted by molar-refractivity contribution is 4.83. The molecule has 0 bridgehead atoms. The molecule has 0 saturated carbocycles. The van der Waals surface area contributed by atoms with Crippen molar-refractivity contribution in [3.8, 4) is 0 Å². The van der Waals surface area contributed by atoms with Gasteiger partial charge in [0, 0.05) is 25.7 Å². The summed E-state index contributed by atoms with van der Waals surface area (Å²) >= 11 is 0. The summed E-state index contributed by atoms with van der Waals surface area (Å²) in [4.78, 5) is 2.73. The van der Waals surface area contributed by atoms with Crippen LogP contribution in [0.5, 0.6) is 0 Å². The van der Waals surface area contributed by atoms with Gasteiger partial charge in [0.15, 0.2) is 0 Å². The molecular formula is C17H36N2. The van der Waals surface area contributed by atoms with E-state index in [0.717, 1.165) is 12.5 Å². The summed E-state index contributed by atoms with van der Waals surface area (Å²) in [5, 5.41) is 3.66. The lowest BCUT2D eigenvalue weighted by molar-refractivity contribution is 0.101. The molecule has 19 heavy (non-hydrogen) atoms. The Labute approximate surface area is 121 Å². The molecule has 0 aliphatic carbocycles. The van der Waals surface area contributed by atoms with E-state index < -0.39 is 0 Å². The SMILES string of the molecule is CCCC(C)(CNC(C)C)CN1CCCC(CC)C1. The third kappa shape index (κ3) is 6.27. The molecule has 0 radical (unpaired) electrons. The molecule has 1 aliphatic heterocycles. The molecule has 1 saturated heterocycles. The zero-order valence-corrected chi connectivity index (χ0v) is 14.0. The van der Waals surface area contributed by atoms with Crippen LogP contribution in [0.4, 0.5) is 0 Å². The molecule has 2 heteroatoms. The molecule has 2 atom stereocenters. The van der Waals surface area contributed by atoms with Gasteiger partial charge in [0.25, 0.3) is 0 Å². The summed E-state index contributed by atoms with van der Waals surface area (Å²) in [7, 11) is 0. The van der Waals surface area contributed by atoms with Gasteiger partial charge in [0.1, 0.15) is 0 Å². The minimum atomic E-state index is 0.439. The van der Waals surface area contributed by atoms with Crippen LogP contribution in [0.2, 0.25) is 0 Å². The van der Waals surface area contributed by atoms with Crippen LogP contribution in [0.15, 0.2) is 0 Å². The van der Waals surface area contributed by atoms with Crippen molar-refractivity contribution in [2.75, 3.05) is 26.2 Å². The van der Waals surface area contributed by atoms with Crippen molar-refractivity contribution >= 4 is 0 Å². The van der Waals surface area contributed by atoms with Gasteiger partial charge in [-0.05, 0) is 37.1 Å². The Bertz CT molecular complexity index is 239. The smallest absolute Gasteiger partial charge is 0.00476 e. The second-order valence-corrected chi connectivity index (χ2v) is 7.25. The minimum absolute atomic E-state index is 0.439. The number of likely N-dealkylation sites (tertiary alicyclic amines) is 1. The van der Waals surface area contributed by atoms with Crippen molar-refractivity contribution in [3.05, 3.63) is 0 Å². The van der Waals surface area contributed by atoms with E-state index in [0.29, 0.717) is 11.5 Å². The van der Waals surface area contributed by atoms with Crippen molar-refractivity contribution in [1.29, 1.82) is 0 Å². The Morgan fingerprint density at radius 2 is 2.05 bits per heavy atom. The summed E-state index contributed by atoms with van der Waals surface area (Å²) in [6.07, 6.45) is 6.83. The molecular weight excluding hydrogens is 232 g/mol. The zero-order valence-electron chi connectivity index (χ0n) is 14.0. The highest BCUT2D eigenvalue weighted by Gasteiger charge is 2.28. The monoisotopic (exact) mass is 268 g/mol. The summed E-state index contributed by atoms with van der Waals surface area (Å²) in [5.74, 6) is 0.942. The van der Waals surface area contributed by atoms with Crippen molar-refractivity contribution in [2.24, 2.45) is 11.3 Å². The van der Waals surface area contributed by atoms with E-state index in [1.165, 1.54) is 51.7 Å². The van der Waals surface area contributed by atoms with Crippen molar-refractivity contribution < 1.29 is 0 Å². The molecule has 0 aromatic carbocycles. The van der Waals surface area contributed by atoms with Gasteiger partial charge in [-0.15, -0.1) is 0 Å². The number of nitrogens with zero attached hydrogens (tertiary/aromatic N) is 1. The van der Waals surface area contributed by atoms with Crippen LogP contribution in [0.3, 0.4) is 0 Å². The van der Waals surface area contributed by atoms with Crippen LogP contribution in [0.1, 0.15) is 66.7 Å². The molecule has 2 nitrogen and oxygen atoms in total. The van der Waals surface area contributed by atoms with Crippen molar-refractivity contribution in [1.82, 2.24) is 10.2 Å². The van der Waals surface area contributed by atoms with E-state index in [9.17, 15) is 0 Å². The first-order valence-electron chi connectivity index (χ1n) is 8.45. The summed E-state index contributed by atoms with van der Waals surface area (Å²) in [6, 6.07) is 0.598. The maximum Gasteiger partial charge on any atom is 0.00476 e. The molecule has 2 unspecified atom stereocenters. The lowest BCUT2D eigenvalue weighted by Crippen LogP contribution is -2.46. The van der Waals surface area contributed by atoms with E-state index in [2.05, 4.69) is 44.8 Å². The molecule has 1 N–H and O–H groups in total. The van der Waals surface area contributed by atoms with E-state index in [1.54, 1.807) is 0 Å². The van der Waals surface area contributed by atoms with Gasteiger partial charge < -0.3 is 10.2 Å². The van der Waals surface area contributed by atoms with Gasteiger partial charge in [-0.25, -0.2) is 0 Å². The van der Waals surface area contributed by atoms with Gasteiger partial charge in [-0.3, -0.25) is 0 Å². The first-order chi connectivity index (χ1) is 8.99. The standard InChI is InChI=1S/C17H36N2/c1-6-10-17(5,13-18-15(3)4)14-19-11-8-9-16(7-2)12-19/h15-16,18H,6-14H2,1-5H3. The van der Waals surface area contributed by atoms with Gasteiger partial charge in [0.05, 0.1) is 0 Å². The van der Waals surface area contributed by atoms with Crippen LogP contribution >= 0.6 is 0 Å². The average Bonchev–Trinajstić information content (AvgIpc) is 2.37. The second-order valence-electron chi connectivity index (χ2n) is 7.25. The topological polar surface area (TPSA) is 15.3 Å². The Morgan fingerprint density at radius 1 is 1.32 bits per heavy atom. The van der Waals surface area contributed by atoms with Crippen molar-refractivity contribution in [2.45, 2.75) is 72.8 Å². The summed E-state index contributed by atoms with van der Waals surface area (Å²) in [6.45, 7) is 16.7. The maximum atomic E-state index is 3.66. The highest BCUT2D eigenvalue weighted by atomic mass is 15.1. The Balaban J connectivity index is 2.51. The first-order valence-corrected chi connectivity index (χ1v) is 8.45. The Kier molecular flexibility index (Phi) is 7.38. The fraction of sp³-hybridized carbons (Fsp3) is 1.00. The first kappa shape index (κ1) is 17.0. The summed E-state index contributed by atoms with van der Waals surface area (Å²) < 4.78 is 0. The molecule has 1 fully saturated rings. The molecule has 0 amide bonds. The molecule has 1 aliphatic rings. The van der Waals surface area contributed by atoms with E-state index >= 15 is 0 Å². The zero-order chi connectivity index (χ0) is 14.3. The number of piperidine rings is 1. The largest absolute Gasteiger partial charge is 0.314 e. The Morgan fingerprint density at radius 3 is 2.63 bits per heavy atom. The molecule has 1 rings (SSSR count). The molecule has 0 spiro atoms. The van der Waals surface area contributed by atoms with Gasteiger partial charge in [-0.1, -0.05) is 47.5 Å². The molecule has 0 aromatic rings. The van der Waals surface area contributed by atoms with Gasteiger partial charge in [-0.2, -0.15) is 0 Å². The van der Waals surface area contributed by atoms with Crippen LogP contribution in [0, 0.1) is 11.3 Å². The third-order valence-electron chi connectivity index (χ3n) is 4.58. The number of hydrogen-bond donors (Lipinski definition) is 1. The lowest BCUT2D eigenvalue weighted by Gasteiger charge is -2.40. The fourth-order valence-corrected chi connectivity index (χ4v) is 3.45. The van der Waals surface area contributed by atoms with E-state index in [4.69, 9.17) is 0 Å². The van der Waals surface area contributed by atoms with Crippen LogP contribution < -0.4 is 5.32 Å². The minimum Gasteiger partial charge on any atom is -0.314 e. The number of rotatable bonds is 8. The quantitative estimate of drug-likeness (QED) is 0.718. The average molecular weight is 268 g/mol. The predicted molar refractivity (Wildman–Crippen MR) is 85.6 cm³/mol. The van der Waals surface area contributed by atoms with Gasteiger partial charge in [0.2, 0.25) is 0 Å². The third-order valence-corrected chi connectivity index (χ3v) is 4.58. The molecule has 114 valence electrons. The predicted octanol–water partition coefficient (Wildman–Crippen LogP) is 3.91. The summed E-state index contributed by atoms with van der Waals surface area (Å²) in [5.41, 5.74) is 0.439. The van der Waals surface area contributed by atoms with Crippen LogP contribution in [0.25, 0.3) is 0 Å². The molecule has 0 aromatic heterocycles. The normalized spacial score (nSPS) is 24.6. The number of hydrogen-bond acceptors (Lipinski definition) is 2. The number of nitrogens with one attached hydrogen (secondary N) is 1. The van der Waals surface area contributed by atoms with Crippen LogP contribution in [-0.4, -0.2) is 37.1 Å². The van der Waals surface area contributed by atoms with E-state index in [1.807, 2.05) is 0 Å². The lowest BCUT2D eigenvalue weighted by atomic mass is 9.83. The fourth-order valence-electron chi connectivity index (χ4n) is 3.45. The van der Waals surface area contributed by atoms with Crippen LogP contribution in [-0.2, 0) is 0 Å². The molecule has 1 heterocycles. The maximum absolute atomic E-state index is 3.66. The second kappa shape index (κ2) is 8.26. The Hall–Kier alpha value is -0.0800. The highest BCUT2D eigenvalue weighted by Crippen LogP contribution is 2.27. The van der Waals surface area contributed by atoms with E-state index in [-0.39, 0.29) is 0 Å². The van der Waals surface area contributed by atoms with Gasteiger partial charge >= 0.3 is 0 Å².